The zero-order valence-electron chi connectivity index (χ0n) is 12.0. The van der Waals surface area contributed by atoms with Crippen LogP contribution in [0, 0.1) is 0 Å². The first-order chi connectivity index (χ1) is 9.24. The molecule has 2 aromatic rings. The lowest BCUT2D eigenvalue weighted by Crippen LogP contribution is -2.14. The van der Waals surface area contributed by atoms with Gasteiger partial charge in [-0.1, -0.05) is 37.3 Å². The zero-order chi connectivity index (χ0) is 13.7. The first-order valence-electron chi connectivity index (χ1n) is 6.93. The Morgan fingerprint density at radius 3 is 2.58 bits per heavy atom. The molecule has 1 atom stereocenters. The third-order valence-electron chi connectivity index (χ3n) is 3.62. The van der Waals surface area contributed by atoms with Crippen LogP contribution in [0.25, 0.3) is 0 Å². The van der Waals surface area contributed by atoms with Crippen molar-refractivity contribution in [2.75, 3.05) is 7.05 Å². The minimum absolute atomic E-state index is 0.367. The van der Waals surface area contributed by atoms with Crippen molar-refractivity contribution in [1.82, 2.24) is 10.3 Å². The van der Waals surface area contributed by atoms with E-state index in [2.05, 4.69) is 60.5 Å². The van der Waals surface area contributed by atoms with Crippen molar-refractivity contribution in [3.63, 3.8) is 0 Å². The molecule has 1 aromatic heterocycles. The third-order valence-corrected chi connectivity index (χ3v) is 3.62. The Labute approximate surface area is 115 Å². The Morgan fingerprint density at radius 2 is 1.95 bits per heavy atom. The number of hydrogen-bond acceptors (Lipinski definition) is 2. The molecule has 0 spiro atoms. The second-order valence-electron chi connectivity index (χ2n) is 4.90. The molecule has 0 aliphatic carbocycles. The van der Waals surface area contributed by atoms with Crippen LogP contribution in [0.2, 0.25) is 0 Å². The van der Waals surface area contributed by atoms with Crippen LogP contribution in [0.5, 0.6) is 0 Å². The zero-order valence-corrected chi connectivity index (χ0v) is 12.0. The molecule has 0 amide bonds. The van der Waals surface area contributed by atoms with E-state index in [9.17, 15) is 0 Å². The summed E-state index contributed by atoms with van der Waals surface area (Å²) in [7, 11) is 2.00. The lowest BCUT2D eigenvalue weighted by Gasteiger charge is -2.15. The molecule has 1 aromatic carbocycles. The first kappa shape index (κ1) is 13.8. The van der Waals surface area contributed by atoms with E-state index in [1.54, 1.807) is 0 Å². The van der Waals surface area contributed by atoms with Gasteiger partial charge in [0.1, 0.15) is 0 Å². The molecule has 0 saturated carbocycles. The summed E-state index contributed by atoms with van der Waals surface area (Å²) in [6.45, 7) is 4.34. The molecule has 0 radical (unpaired) electrons. The number of nitrogens with zero attached hydrogens (tertiary/aromatic N) is 1. The van der Waals surface area contributed by atoms with Crippen LogP contribution in [0.4, 0.5) is 0 Å². The maximum absolute atomic E-state index is 4.55. The molecule has 2 rings (SSSR count). The van der Waals surface area contributed by atoms with Crippen LogP contribution < -0.4 is 5.32 Å². The monoisotopic (exact) mass is 254 g/mol. The van der Waals surface area contributed by atoms with Gasteiger partial charge in [-0.25, -0.2) is 0 Å². The summed E-state index contributed by atoms with van der Waals surface area (Å²) < 4.78 is 0. The van der Waals surface area contributed by atoms with Crippen LogP contribution in [0.1, 0.15) is 42.3 Å². The molecule has 0 fully saturated rings. The van der Waals surface area contributed by atoms with Gasteiger partial charge < -0.3 is 5.32 Å². The second kappa shape index (κ2) is 6.48. The van der Waals surface area contributed by atoms with Crippen molar-refractivity contribution < 1.29 is 0 Å². The van der Waals surface area contributed by atoms with Crippen LogP contribution in [0.15, 0.2) is 42.6 Å². The quantitative estimate of drug-likeness (QED) is 0.883. The number of aromatic nitrogens is 1. The Balaban J connectivity index is 2.22. The van der Waals surface area contributed by atoms with E-state index in [-0.39, 0.29) is 0 Å². The van der Waals surface area contributed by atoms with Crippen LogP contribution in [-0.2, 0) is 12.8 Å². The fraction of sp³-hybridized carbons (Fsp3) is 0.353. The molecule has 2 nitrogen and oxygen atoms in total. The summed E-state index contributed by atoms with van der Waals surface area (Å²) in [4.78, 5) is 4.55. The Morgan fingerprint density at radius 1 is 1.16 bits per heavy atom. The molecule has 19 heavy (non-hydrogen) atoms. The lowest BCUT2D eigenvalue weighted by atomic mass is 9.97. The number of benzene rings is 1. The summed E-state index contributed by atoms with van der Waals surface area (Å²) in [5.74, 6) is 0. The van der Waals surface area contributed by atoms with Gasteiger partial charge in [-0.2, -0.15) is 0 Å². The molecular formula is C17H22N2. The van der Waals surface area contributed by atoms with E-state index >= 15 is 0 Å². The van der Waals surface area contributed by atoms with E-state index in [0.29, 0.717) is 6.04 Å². The average molecular weight is 254 g/mol. The number of aryl methyl sites for hydroxylation is 1. The molecule has 0 aliphatic rings. The number of pyridine rings is 1. The molecule has 0 bridgehead atoms. The van der Waals surface area contributed by atoms with Crippen molar-refractivity contribution in [2.24, 2.45) is 0 Å². The van der Waals surface area contributed by atoms with Gasteiger partial charge in [0, 0.05) is 24.4 Å². The van der Waals surface area contributed by atoms with Gasteiger partial charge in [0.05, 0.1) is 0 Å². The summed E-state index contributed by atoms with van der Waals surface area (Å²) in [6, 6.07) is 13.3. The SMILES string of the molecule is CCc1ccc(Cc2ccccc2C(C)NC)nc1. The summed E-state index contributed by atoms with van der Waals surface area (Å²) in [5.41, 5.74) is 5.13. The largest absolute Gasteiger partial charge is 0.313 e. The van der Waals surface area contributed by atoms with E-state index in [0.717, 1.165) is 18.5 Å². The molecule has 0 aliphatic heterocycles. The van der Waals surface area contributed by atoms with Gasteiger partial charge in [-0.3, -0.25) is 4.98 Å². The van der Waals surface area contributed by atoms with Crippen LogP contribution in [-0.4, -0.2) is 12.0 Å². The molecule has 0 saturated heterocycles. The van der Waals surface area contributed by atoms with Gasteiger partial charge in [0.2, 0.25) is 0 Å². The van der Waals surface area contributed by atoms with Gasteiger partial charge >= 0.3 is 0 Å². The maximum atomic E-state index is 4.55. The maximum Gasteiger partial charge on any atom is 0.0447 e. The highest BCUT2D eigenvalue weighted by atomic mass is 14.9. The topological polar surface area (TPSA) is 24.9 Å². The summed E-state index contributed by atoms with van der Waals surface area (Å²) in [5, 5.41) is 3.31. The molecule has 1 unspecified atom stereocenters. The summed E-state index contributed by atoms with van der Waals surface area (Å²) >= 11 is 0. The smallest absolute Gasteiger partial charge is 0.0447 e. The summed E-state index contributed by atoms with van der Waals surface area (Å²) in [6.07, 6.45) is 3.92. The van der Waals surface area contributed by atoms with Gasteiger partial charge in [0.25, 0.3) is 0 Å². The number of rotatable bonds is 5. The fourth-order valence-corrected chi connectivity index (χ4v) is 2.24. The van der Waals surface area contributed by atoms with Crippen molar-refractivity contribution in [3.8, 4) is 0 Å². The predicted molar refractivity (Wildman–Crippen MR) is 80.3 cm³/mol. The lowest BCUT2D eigenvalue weighted by molar-refractivity contribution is 0.646. The van der Waals surface area contributed by atoms with E-state index in [1.807, 2.05) is 13.2 Å². The predicted octanol–water partition coefficient (Wildman–Crippen LogP) is 3.52. The highest BCUT2D eigenvalue weighted by Gasteiger charge is 2.09. The Kier molecular flexibility index (Phi) is 4.69. The number of hydrogen-bond donors (Lipinski definition) is 1. The highest BCUT2D eigenvalue weighted by molar-refractivity contribution is 5.33. The average Bonchev–Trinajstić information content (AvgIpc) is 2.48. The van der Waals surface area contributed by atoms with Crippen molar-refractivity contribution >= 4 is 0 Å². The minimum atomic E-state index is 0.367. The fourth-order valence-electron chi connectivity index (χ4n) is 2.24. The van der Waals surface area contributed by atoms with Gasteiger partial charge in [0.15, 0.2) is 0 Å². The molecular weight excluding hydrogens is 232 g/mol. The van der Waals surface area contributed by atoms with E-state index in [4.69, 9.17) is 0 Å². The second-order valence-corrected chi connectivity index (χ2v) is 4.90. The highest BCUT2D eigenvalue weighted by Crippen LogP contribution is 2.19. The Bertz CT molecular complexity index is 517. The third kappa shape index (κ3) is 3.42. The first-order valence-corrected chi connectivity index (χ1v) is 6.93. The van der Waals surface area contributed by atoms with Crippen molar-refractivity contribution in [1.29, 1.82) is 0 Å². The Hall–Kier alpha value is -1.67. The standard InChI is InChI=1S/C17H22N2/c1-4-14-9-10-16(19-12-14)11-15-7-5-6-8-17(15)13(2)18-3/h5-10,12-13,18H,4,11H2,1-3H3. The van der Waals surface area contributed by atoms with Crippen LogP contribution in [0.3, 0.4) is 0 Å². The molecule has 2 heteroatoms. The molecule has 100 valence electrons. The van der Waals surface area contributed by atoms with Gasteiger partial charge in [-0.05, 0) is 43.1 Å². The molecule has 1 N–H and O–H groups in total. The van der Waals surface area contributed by atoms with E-state index in [1.165, 1.54) is 16.7 Å². The normalized spacial score (nSPS) is 12.4. The van der Waals surface area contributed by atoms with Crippen LogP contribution >= 0.6 is 0 Å². The van der Waals surface area contributed by atoms with Crippen molar-refractivity contribution in [3.05, 3.63) is 65.0 Å². The molecule has 1 heterocycles. The van der Waals surface area contributed by atoms with Gasteiger partial charge in [-0.15, -0.1) is 0 Å². The minimum Gasteiger partial charge on any atom is -0.313 e. The van der Waals surface area contributed by atoms with Crippen molar-refractivity contribution in [2.45, 2.75) is 32.7 Å². The van der Waals surface area contributed by atoms with E-state index < -0.39 is 0 Å². The number of nitrogens with one attached hydrogen (secondary N) is 1.